The normalized spacial score (nSPS) is 11.1. The van der Waals surface area contributed by atoms with Crippen molar-refractivity contribution < 1.29 is 9.53 Å². The molecule has 0 aliphatic carbocycles. The summed E-state index contributed by atoms with van der Waals surface area (Å²) in [5.41, 5.74) is 4.67. The molecule has 37 heavy (non-hydrogen) atoms. The molecule has 0 radical (unpaired) electrons. The van der Waals surface area contributed by atoms with E-state index < -0.39 is 0 Å². The summed E-state index contributed by atoms with van der Waals surface area (Å²) < 4.78 is 6.48. The first-order chi connectivity index (χ1) is 18.2. The van der Waals surface area contributed by atoms with Gasteiger partial charge in [-0.1, -0.05) is 72.0 Å². The van der Waals surface area contributed by atoms with Crippen molar-refractivity contribution in [2.24, 2.45) is 0 Å². The van der Waals surface area contributed by atoms with E-state index in [2.05, 4.69) is 4.98 Å². The van der Waals surface area contributed by atoms with Crippen LogP contribution < -0.4 is 9.64 Å². The number of amides is 1. The van der Waals surface area contributed by atoms with Crippen molar-refractivity contribution in [2.45, 2.75) is 6.54 Å². The Hall–Kier alpha value is -4.62. The Balaban J connectivity index is 1.53. The van der Waals surface area contributed by atoms with Gasteiger partial charge < -0.3 is 4.74 Å². The number of ether oxygens (including phenoxy) is 1. The van der Waals surface area contributed by atoms with Gasteiger partial charge in [-0.15, -0.1) is 0 Å². The summed E-state index contributed by atoms with van der Waals surface area (Å²) in [6, 6.07) is 29.1. The quantitative estimate of drug-likeness (QED) is 0.252. The van der Waals surface area contributed by atoms with Crippen molar-refractivity contribution in [3.05, 3.63) is 115 Å². The van der Waals surface area contributed by atoms with E-state index in [1.165, 1.54) is 11.3 Å². The van der Waals surface area contributed by atoms with E-state index in [9.17, 15) is 4.79 Å². The van der Waals surface area contributed by atoms with Crippen molar-refractivity contribution in [1.82, 2.24) is 15.0 Å². The van der Waals surface area contributed by atoms with Gasteiger partial charge in [-0.2, -0.15) is 0 Å². The highest BCUT2D eigenvalue weighted by atomic mass is 32.1. The molecule has 0 unspecified atom stereocenters. The highest BCUT2D eigenvalue weighted by molar-refractivity contribution is 7.22. The Labute approximate surface area is 217 Å². The molecule has 0 aliphatic heterocycles. The maximum absolute atomic E-state index is 14.4. The van der Waals surface area contributed by atoms with Crippen LogP contribution in [-0.4, -0.2) is 28.0 Å². The lowest BCUT2D eigenvalue weighted by Gasteiger charge is -2.21. The summed E-state index contributed by atoms with van der Waals surface area (Å²) in [6.07, 6.45) is 3.50. The fraction of sp³-hybridized carbons (Fsp3) is 0.0667. The highest BCUT2D eigenvalue weighted by Crippen LogP contribution is 2.36. The average Bonchev–Trinajstić information content (AvgIpc) is 3.40. The van der Waals surface area contributed by atoms with Gasteiger partial charge >= 0.3 is 0 Å². The Morgan fingerprint density at radius 2 is 1.76 bits per heavy atom. The minimum Gasteiger partial charge on any atom is -0.494 e. The Morgan fingerprint density at radius 3 is 2.57 bits per heavy atom. The second kappa shape index (κ2) is 9.79. The van der Waals surface area contributed by atoms with Crippen LogP contribution in [0, 0.1) is 0 Å². The number of anilines is 1. The molecular weight excluding hydrogens is 480 g/mol. The molecule has 0 bridgehead atoms. The van der Waals surface area contributed by atoms with Crippen molar-refractivity contribution in [2.75, 3.05) is 12.0 Å². The van der Waals surface area contributed by atoms with Crippen LogP contribution in [0.3, 0.4) is 0 Å². The van der Waals surface area contributed by atoms with E-state index in [1.807, 2.05) is 91.0 Å². The van der Waals surface area contributed by atoms with Crippen LogP contribution in [0.25, 0.3) is 32.4 Å². The summed E-state index contributed by atoms with van der Waals surface area (Å²) >= 11 is 1.46. The van der Waals surface area contributed by atoms with Gasteiger partial charge in [0.2, 0.25) is 0 Å². The first kappa shape index (κ1) is 22.8. The zero-order valence-corrected chi connectivity index (χ0v) is 20.9. The number of rotatable bonds is 6. The number of hydrogen-bond acceptors (Lipinski definition) is 6. The van der Waals surface area contributed by atoms with Crippen molar-refractivity contribution in [3.63, 3.8) is 0 Å². The van der Waals surface area contributed by atoms with Crippen LogP contribution in [0.2, 0.25) is 0 Å². The molecule has 0 spiro atoms. The molecule has 0 atom stereocenters. The largest absolute Gasteiger partial charge is 0.494 e. The predicted molar refractivity (Wildman–Crippen MR) is 148 cm³/mol. The molecule has 6 nitrogen and oxygen atoms in total. The molecule has 3 aromatic heterocycles. The number of benzene rings is 3. The highest BCUT2D eigenvalue weighted by Gasteiger charge is 2.25. The van der Waals surface area contributed by atoms with Gasteiger partial charge in [0.05, 0.1) is 35.1 Å². The fourth-order valence-corrected chi connectivity index (χ4v) is 5.33. The van der Waals surface area contributed by atoms with Gasteiger partial charge in [0.15, 0.2) is 5.13 Å². The monoisotopic (exact) mass is 502 g/mol. The summed E-state index contributed by atoms with van der Waals surface area (Å²) in [7, 11) is 1.63. The number of hydrogen-bond donors (Lipinski definition) is 0. The molecule has 0 saturated heterocycles. The molecule has 0 N–H and O–H groups in total. The Bertz CT molecular complexity index is 1720. The zero-order chi connectivity index (χ0) is 25.2. The van der Waals surface area contributed by atoms with Crippen LogP contribution in [0.4, 0.5) is 5.13 Å². The maximum Gasteiger partial charge on any atom is 0.261 e. The average molecular weight is 503 g/mol. The summed E-state index contributed by atoms with van der Waals surface area (Å²) in [5, 5.41) is 1.39. The van der Waals surface area contributed by atoms with Gasteiger partial charge in [0, 0.05) is 23.3 Å². The second-order valence-corrected chi connectivity index (χ2v) is 9.50. The van der Waals surface area contributed by atoms with E-state index in [-0.39, 0.29) is 5.91 Å². The molecule has 180 valence electrons. The van der Waals surface area contributed by atoms with Gasteiger partial charge in [-0.05, 0) is 35.9 Å². The summed E-state index contributed by atoms with van der Waals surface area (Å²) in [5.74, 6) is 0.521. The molecule has 0 saturated carbocycles. The molecule has 0 fully saturated rings. The van der Waals surface area contributed by atoms with Crippen molar-refractivity contribution in [1.29, 1.82) is 0 Å². The van der Waals surface area contributed by atoms with Gasteiger partial charge in [-0.25, -0.2) is 9.97 Å². The number of pyridine rings is 2. The number of fused-ring (bicyclic) bond motifs is 2. The molecule has 3 aromatic carbocycles. The van der Waals surface area contributed by atoms with E-state index in [0.717, 1.165) is 37.9 Å². The number of carbonyl (C=O) groups is 1. The number of nitrogens with zero attached hydrogens (tertiary/aromatic N) is 4. The standard InChI is InChI=1S/C30H22N4O2S/c1-36-26-14-7-15-27-28(26)33-30(37-27)34(19-20-9-8-16-31-18-20)29(35)23-17-25(21-10-3-2-4-11-21)32-24-13-6-5-12-22(23)24/h2-18H,19H2,1H3. The number of methoxy groups -OCH3 is 1. The maximum atomic E-state index is 14.4. The third-order valence-corrected chi connectivity index (χ3v) is 7.19. The first-order valence-electron chi connectivity index (χ1n) is 11.8. The summed E-state index contributed by atoms with van der Waals surface area (Å²) in [6.45, 7) is 0.326. The molecule has 7 heteroatoms. The molecule has 6 aromatic rings. The van der Waals surface area contributed by atoms with Crippen LogP contribution in [0.5, 0.6) is 5.75 Å². The van der Waals surface area contributed by atoms with Crippen LogP contribution in [0.15, 0.2) is 103 Å². The molecule has 3 heterocycles. The van der Waals surface area contributed by atoms with Gasteiger partial charge in [0.25, 0.3) is 5.91 Å². The first-order valence-corrected chi connectivity index (χ1v) is 12.6. The fourth-order valence-electron chi connectivity index (χ4n) is 4.35. The number of thiazole rings is 1. The molecular formula is C30H22N4O2S. The molecule has 6 rings (SSSR count). The van der Waals surface area contributed by atoms with Crippen LogP contribution in [0.1, 0.15) is 15.9 Å². The number of carbonyl (C=O) groups excluding carboxylic acids is 1. The predicted octanol–water partition coefficient (Wildman–Crippen LogP) is 6.76. The van der Waals surface area contributed by atoms with Crippen molar-refractivity contribution >= 4 is 43.5 Å². The zero-order valence-electron chi connectivity index (χ0n) is 20.0. The van der Waals surface area contributed by atoms with Gasteiger partial charge in [0.1, 0.15) is 11.3 Å². The minimum atomic E-state index is -0.155. The topological polar surface area (TPSA) is 68.2 Å². The SMILES string of the molecule is COc1cccc2sc(N(Cc3cccnc3)C(=O)c3cc(-c4ccccc4)nc4ccccc34)nc12. The summed E-state index contributed by atoms with van der Waals surface area (Å²) in [4.78, 5) is 30.1. The van der Waals surface area contributed by atoms with E-state index in [0.29, 0.717) is 23.0 Å². The minimum absolute atomic E-state index is 0.155. The molecule has 1 amide bonds. The lowest BCUT2D eigenvalue weighted by molar-refractivity contribution is 0.0986. The van der Waals surface area contributed by atoms with Crippen molar-refractivity contribution in [3.8, 4) is 17.0 Å². The van der Waals surface area contributed by atoms with E-state index >= 15 is 0 Å². The van der Waals surface area contributed by atoms with Gasteiger partial charge in [-0.3, -0.25) is 14.7 Å². The third-order valence-electron chi connectivity index (χ3n) is 6.15. The second-order valence-electron chi connectivity index (χ2n) is 8.49. The van der Waals surface area contributed by atoms with E-state index in [4.69, 9.17) is 14.7 Å². The lowest BCUT2D eigenvalue weighted by atomic mass is 10.0. The van der Waals surface area contributed by atoms with Crippen LogP contribution in [-0.2, 0) is 6.54 Å². The van der Waals surface area contributed by atoms with E-state index in [1.54, 1.807) is 24.4 Å². The Kier molecular flexibility index (Phi) is 6.04. The number of para-hydroxylation sites is 2. The lowest BCUT2D eigenvalue weighted by Crippen LogP contribution is -2.30. The number of aromatic nitrogens is 3. The Morgan fingerprint density at radius 1 is 0.919 bits per heavy atom. The van der Waals surface area contributed by atoms with Crippen LogP contribution >= 0.6 is 11.3 Å². The smallest absolute Gasteiger partial charge is 0.261 e. The molecule has 0 aliphatic rings. The third kappa shape index (κ3) is 4.41.